The molecule has 0 unspecified atom stereocenters. The maximum absolute atomic E-state index is 13.9. The van der Waals surface area contributed by atoms with E-state index >= 15 is 0 Å². The Morgan fingerprint density at radius 3 is 2.38 bits per heavy atom. The van der Waals surface area contributed by atoms with Crippen molar-refractivity contribution in [3.05, 3.63) is 76.6 Å². The molecule has 2 aromatic carbocycles. The third-order valence-corrected chi connectivity index (χ3v) is 4.74. The quantitative estimate of drug-likeness (QED) is 0.580. The first-order valence-electron chi connectivity index (χ1n) is 7.17. The number of hydrogen-bond acceptors (Lipinski definition) is 3. The van der Waals surface area contributed by atoms with Gasteiger partial charge in [0, 0.05) is 4.88 Å². The molecule has 0 atom stereocenters. The van der Waals surface area contributed by atoms with Gasteiger partial charge in [0.1, 0.15) is 22.3 Å². The number of thiophene rings is 1. The lowest BCUT2D eigenvalue weighted by atomic mass is 10.1. The number of hydrogen-bond donors (Lipinski definition) is 1. The number of nitrogens with one attached hydrogen (secondary N) is 1. The molecular formula is C18H10F2N2OS. The van der Waals surface area contributed by atoms with Crippen molar-refractivity contribution >= 4 is 21.6 Å². The number of benzene rings is 2. The molecule has 0 aliphatic carbocycles. The van der Waals surface area contributed by atoms with Gasteiger partial charge in [0.2, 0.25) is 0 Å². The fourth-order valence-electron chi connectivity index (χ4n) is 2.52. The first-order chi connectivity index (χ1) is 11.6. The average molecular weight is 340 g/mol. The first-order valence-corrected chi connectivity index (χ1v) is 7.99. The molecule has 2 aromatic heterocycles. The maximum Gasteiger partial charge on any atom is 0.259 e. The topological polar surface area (TPSA) is 45.8 Å². The van der Waals surface area contributed by atoms with Crippen molar-refractivity contribution in [1.82, 2.24) is 9.97 Å². The zero-order valence-electron chi connectivity index (χ0n) is 12.2. The Bertz CT molecular complexity index is 1080. The van der Waals surface area contributed by atoms with Crippen molar-refractivity contribution in [3.63, 3.8) is 0 Å². The highest BCUT2D eigenvalue weighted by Crippen LogP contribution is 2.32. The highest BCUT2D eigenvalue weighted by atomic mass is 32.1. The van der Waals surface area contributed by atoms with Crippen LogP contribution in [0.1, 0.15) is 0 Å². The van der Waals surface area contributed by atoms with Crippen molar-refractivity contribution in [2.75, 3.05) is 0 Å². The van der Waals surface area contributed by atoms with Crippen LogP contribution in [0, 0.1) is 11.6 Å². The SMILES string of the molecule is O=c1[nH]c(-c2c(F)cccc2F)nc2sc(-c3ccccc3)cc12. The Morgan fingerprint density at radius 1 is 0.958 bits per heavy atom. The smallest absolute Gasteiger partial charge is 0.259 e. The van der Waals surface area contributed by atoms with Crippen LogP contribution >= 0.6 is 11.3 Å². The van der Waals surface area contributed by atoms with Crippen molar-refractivity contribution in [1.29, 1.82) is 0 Å². The van der Waals surface area contributed by atoms with Gasteiger partial charge in [0.05, 0.1) is 10.9 Å². The predicted octanol–water partition coefficient (Wildman–Crippen LogP) is 4.60. The Kier molecular flexibility index (Phi) is 3.46. The largest absolute Gasteiger partial charge is 0.306 e. The minimum atomic E-state index is -0.766. The average Bonchev–Trinajstić information content (AvgIpc) is 3.00. The molecule has 2 heterocycles. The lowest BCUT2D eigenvalue weighted by molar-refractivity contribution is 0.587. The van der Waals surface area contributed by atoms with Gasteiger partial charge in [-0.05, 0) is 23.8 Å². The number of aromatic nitrogens is 2. The van der Waals surface area contributed by atoms with E-state index in [0.29, 0.717) is 10.2 Å². The van der Waals surface area contributed by atoms with Crippen LogP contribution in [0.4, 0.5) is 8.78 Å². The van der Waals surface area contributed by atoms with Gasteiger partial charge in [-0.3, -0.25) is 4.79 Å². The molecule has 1 N–H and O–H groups in total. The van der Waals surface area contributed by atoms with Crippen LogP contribution < -0.4 is 5.56 Å². The van der Waals surface area contributed by atoms with Crippen LogP contribution in [-0.4, -0.2) is 9.97 Å². The lowest BCUT2D eigenvalue weighted by Gasteiger charge is -2.03. The summed E-state index contributed by atoms with van der Waals surface area (Å²) in [5.41, 5.74) is 0.209. The number of halogens is 2. The second-order valence-electron chi connectivity index (χ2n) is 5.21. The summed E-state index contributed by atoms with van der Waals surface area (Å²) in [6.07, 6.45) is 0. The molecule has 24 heavy (non-hydrogen) atoms. The van der Waals surface area contributed by atoms with Gasteiger partial charge < -0.3 is 4.98 Å². The van der Waals surface area contributed by atoms with E-state index in [0.717, 1.165) is 22.6 Å². The number of aromatic amines is 1. The van der Waals surface area contributed by atoms with E-state index in [1.807, 2.05) is 30.3 Å². The maximum atomic E-state index is 13.9. The minimum absolute atomic E-state index is 0.107. The van der Waals surface area contributed by atoms with Crippen molar-refractivity contribution < 1.29 is 8.78 Å². The Morgan fingerprint density at radius 2 is 1.67 bits per heavy atom. The van der Waals surface area contributed by atoms with E-state index in [-0.39, 0.29) is 11.4 Å². The van der Waals surface area contributed by atoms with E-state index in [4.69, 9.17) is 0 Å². The molecule has 0 bridgehead atoms. The van der Waals surface area contributed by atoms with E-state index in [1.54, 1.807) is 6.07 Å². The number of H-pyrrole nitrogens is 1. The molecule has 0 radical (unpaired) electrons. The zero-order valence-corrected chi connectivity index (χ0v) is 13.0. The van der Waals surface area contributed by atoms with E-state index < -0.39 is 17.2 Å². The van der Waals surface area contributed by atoms with Gasteiger partial charge in [0.15, 0.2) is 0 Å². The van der Waals surface area contributed by atoms with Gasteiger partial charge in [-0.25, -0.2) is 13.8 Å². The molecule has 6 heteroatoms. The summed E-state index contributed by atoms with van der Waals surface area (Å²) in [5.74, 6) is -1.64. The summed E-state index contributed by atoms with van der Waals surface area (Å²) >= 11 is 1.31. The molecule has 0 amide bonds. The highest BCUT2D eigenvalue weighted by molar-refractivity contribution is 7.21. The van der Waals surface area contributed by atoms with Crippen molar-refractivity contribution in [3.8, 4) is 21.8 Å². The van der Waals surface area contributed by atoms with E-state index in [1.165, 1.54) is 17.4 Å². The van der Waals surface area contributed by atoms with Crippen LogP contribution in [0.3, 0.4) is 0 Å². The summed E-state index contributed by atoms with van der Waals surface area (Å²) in [7, 11) is 0. The summed E-state index contributed by atoms with van der Waals surface area (Å²) in [5, 5.41) is 0.402. The number of fused-ring (bicyclic) bond motifs is 1. The second-order valence-corrected chi connectivity index (χ2v) is 6.24. The molecule has 118 valence electrons. The molecule has 0 aliphatic rings. The summed E-state index contributed by atoms with van der Waals surface area (Å²) < 4.78 is 27.9. The molecule has 0 saturated heterocycles. The fourth-order valence-corrected chi connectivity index (χ4v) is 3.56. The molecule has 0 saturated carbocycles. The number of rotatable bonds is 2. The third kappa shape index (κ3) is 2.41. The van der Waals surface area contributed by atoms with Crippen molar-refractivity contribution in [2.24, 2.45) is 0 Å². The molecular weight excluding hydrogens is 330 g/mol. The van der Waals surface area contributed by atoms with E-state index in [2.05, 4.69) is 9.97 Å². The summed E-state index contributed by atoms with van der Waals surface area (Å²) in [4.78, 5) is 20.3. The minimum Gasteiger partial charge on any atom is -0.306 e. The normalized spacial score (nSPS) is 11.1. The third-order valence-electron chi connectivity index (χ3n) is 3.66. The van der Waals surface area contributed by atoms with E-state index in [9.17, 15) is 13.6 Å². The van der Waals surface area contributed by atoms with Gasteiger partial charge in [0.25, 0.3) is 5.56 Å². The van der Waals surface area contributed by atoms with Gasteiger partial charge in [-0.1, -0.05) is 36.4 Å². The first kappa shape index (κ1) is 14.7. The summed E-state index contributed by atoms with van der Waals surface area (Å²) in [6.45, 7) is 0. The number of nitrogens with zero attached hydrogens (tertiary/aromatic N) is 1. The molecule has 4 aromatic rings. The second kappa shape index (κ2) is 5.65. The van der Waals surface area contributed by atoms with Crippen LogP contribution in [-0.2, 0) is 0 Å². The molecule has 0 spiro atoms. The zero-order chi connectivity index (χ0) is 16.7. The Hall–Kier alpha value is -2.86. The van der Waals surface area contributed by atoms with Crippen LogP contribution in [0.5, 0.6) is 0 Å². The molecule has 0 aliphatic heterocycles. The highest BCUT2D eigenvalue weighted by Gasteiger charge is 2.16. The van der Waals surface area contributed by atoms with Gasteiger partial charge in [-0.15, -0.1) is 11.3 Å². The fraction of sp³-hybridized carbons (Fsp3) is 0. The van der Waals surface area contributed by atoms with Crippen LogP contribution in [0.2, 0.25) is 0 Å². The lowest BCUT2D eigenvalue weighted by Crippen LogP contribution is -2.09. The summed E-state index contributed by atoms with van der Waals surface area (Å²) in [6, 6.07) is 14.8. The van der Waals surface area contributed by atoms with Crippen LogP contribution in [0.15, 0.2) is 59.4 Å². The standard InChI is InChI=1S/C18H10F2N2OS/c19-12-7-4-8-13(20)15(12)16-21-17(23)11-9-14(24-18(11)22-16)10-5-2-1-3-6-10/h1-9H,(H,21,22,23). The van der Waals surface area contributed by atoms with Crippen LogP contribution in [0.25, 0.3) is 32.0 Å². The van der Waals surface area contributed by atoms with Gasteiger partial charge >= 0.3 is 0 Å². The Labute approximate surface area is 139 Å². The predicted molar refractivity (Wildman–Crippen MR) is 91.0 cm³/mol. The van der Waals surface area contributed by atoms with Gasteiger partial charge in [-0.2, -0.15) is 0 Å². The molecule has 3 nitrogen and oxygen atoms in total. The monoisotopic (exact) mass is 340 g/mol. The van der Waals surface area contributed by atoms with Crippen molar-refractivity contribution in [2.45, 2.75) is 0 Å². The molecule has 4 rings (SSSR count). The molecule has 0 fully saturated rings. The Balaban J connectivity index is 1.94.